The van der Waals surface area contributed by atoms with Crippen molar-refractivity contribution in [3.05, 3.63) is 36.2 Å². The van der Waals surface area contributed by atoms with Crippen LogP contribution in [0, 0.1) is 6.92 Å². The van der Waals surface area contributed by atoms with Gasteiger partial charge in [0.25, 0.3) is 0 Å². The molecule has 132 valence electrons. The second-order valence-electron chi connectivity index (χ2n) is 5.37. The quantitative estimate of drug-likeness (QED) is 0.741. The highest BCUT2D eigenvalue weighted by molar-refractivity contribution is 5.85. The Bertz CT molecular complexity index is 896. The first kappa shape index (κ1) is 17.1. The van der Waals surface area contributed by atoms with Crippen molar-refractivity contribution in [3.63, 3.8) is 0 Å². The Kier molecular flexibility index (Phi) is 4.80. The molecule has 3 aromatic rings. The third kappa shape index (κ3) is 3.39. The highest BCUT2D eigenvalue weighted by Gasteiger charge is 2.14. The maximum atomic E-state index is 12.4. The number of methoxy groups -OCH3 is 1. The molecule has 2 heterocycles. The number of rotatable bonds is 6. The van der Waals surface area contributed by atoms with Gasteiger partial charge >= 0.3 is 6.61 Å². The minimum absolute atomic E-state index is 0.0246. The molecule has 0 fully saturated rings. The molecule has 0 atom stereocenters. The lowest BCUT2D eigenvalue weighted by molar-refractivity contribution is -0.0499. The van der Waals surface area contributed by atoms with E-state index in [1.165, 1.54) is 19.2 Å². The Morgan fingerprint density at radius 3 is 2.76 bits per heavy atom. The van der Waals surface area contributed by atoms with E-state index >= 15 is 0 Å². The Balaban J connectivity index is 2.05. The molecular formula is C17H17F2N3O3. The van der Waals surface area contributed by atoms with Gasteiger partial charge in [0.1, 0.15) is 11.5 Å². The molecule has 1 aromatic carbocycles. The second kappa shape index (κ2) is 7.02. The predicted molar refractivity (Wildman–Crippen MR) is 88.0 cm³/mol. The van der Waals surface area contributed by atoms with Crippen LogP contribution in [-0.2, 0) is 6.54 Å². The number of nitrogens with zero attached hydrogens (tertiary/aromatic N) is 3. The first-order valence-electron chi connectivity index (χ1n) is 7.60. The average Bonchev–Trinajstić information content (AvgIpc) is 2.90. The second-order valence-corrected chi connectivity index (χ2v) is 5.37. The molecule has 0 spiro atoms. The summed E-state index contributed by atoms with van der Waals surface area (Å²) in [5, 5.41) is 14.3. The van der Waals surface area contributed by atoms with E-state index in [2.05, 4.69) is 14.8 Å². The maximum absolute atomic E-state index is 12.4. The maximum Gasteiger partial charge on any atom is 0.387 e. The van der Waals surface area contributed by atoms with Crippen molar-refractivity contribution in [2.24, 2.45) is 0 Å². The van der Waals surface area contributed by atoms with Gasteiger partial charge in [-0.2, -0.15) is 13.9 Å². The average molecular weight is 349 g/mol. The summed E-state index contributed by atoms with van der Waals surface area (Å²) in [4.78, 5) is 4.43. The number of hydrogen-bond donors (Lipinski definition) is 1. The van der Waals surface area contributed by atoms with Crippen LogP contribution in [0.15, 0.2) is 30.5 Å². The highest BCUT2D eigenvalue weighted by atomic mass is 19.3. The van der Waals surface area contributed by atoms with E-state index < -0.39 is 6.61 Å². The molecule has 0 aliphatic rings. The Labute approximate surface area is 142 Å². The number of aliphatic hydroxyl groups is 1. The van der Waals surface area contributed by atoms with E-state index in [0.29, 0.717) is 23.5 Å². The number of hydrogen-bond acceptors (Lipinski definition) is 5. The van der Waals surface area contributed by atoms with Gasteiger partial charge in [0.15, 0.2) is 5.65 Å². The molecular weight excluding hydrogens is 332 g/mol. The number of aromatic nitrogens is 3. The zero-order valence-corrected chi connectivity index (χ0v) is 13.7. The molecule has 0 amide bonds. The van der Waals surface area contributed by atoms with Gasteiger partial charge in [-0.05, 0) is 25.1 Å². The Morgan fingerprint density at radius 1 is 1.28 bits per heavy atom. The van der Waals surface area contributed by atoms with Crippen LogP contribution in [-0.4, -0.2) is 40.2 Å². The van der Waals surface area contributed by atoms with E-state index in [0.717, 1.165) is 16.6 Å². The summed E-state index contributed by atoms with van der Waals surface area (Å²) < 4.78 is 36.1. The standard InChI is InChI=1S/C17H17F2N3O3/c1-10-14-7-11(9-20-16(14)22(21-10)5-6-23)13-4-3-12(25-17(18)19)8-15(13)24-2/h3-4,7-9,17,23H,5-6H2,1-2H3. The Morgan fingerprint density at radius 2 is 2.08 bits per heavy atom. The smallest absolute Gasteiger partial charge is 0.387 e. The molecule has 2 aromatic heterocycles. The van der Waals surface area contributed by atoms with Crippen molar-refractivity contribution in [2.45, 2.75) is 20.1 Å². The van der Waals surface area contributed by atoms with Crippen LogP contribution in [0.4, 0.5) is 8.78 Å². The van der Waals surface area contributed by atoms with Crippen molar-refractivity contribution in [3.8, 4) is 22.6 Å². The topological polar surface area (TPSA) is 69.4 Å². The lowest BCUT2D eigenvalue weighted by atomic mass is 10.0. The largest absolute Gasteiger partial charge is 0.496 e. The summed E-state index contributed by atoms with van der Waals surface area (Å²) >= 11 is 0. The van der Waals surface area contributed by atoms with Crippen LogP contribution in [0.3, 0.4) is 0 Å². The van der Waals surface area contributed by atoms with E-state index in [1.54, 1.807) is 16.9 Å². The van der Waals surface area contributed by atoms with Gasteiger partial charge in [0, 0.05) is 28.8 Å². The van der Waals surface area contributed by atoms with Crippen molar-refractivity contribution in [1.29, 1.82) is 0 Å². The molecule has 0 aliphatic heterocycles. The van der Waals surface area contributed by atoms with Crippen LogP contribution in [0.25, 0.3) is 22.2 Å². The molecule has 0 bridgehead atoms. The minimum atomic E-state index is -2.89. The van der Waals surface area contributed by atoms with Crippen molar-refractivity contribution < 1.29 is 23.4 Å². The van der Waals surface area contributed by atoms with Gasteiger partial charge in [-0.3, -0.25) is 0 Å². The normalized spacial score (nSPS) is 11.3. The van der Waals surface area contributed by atoms with Gasteiger partial charge in [0.2, 0.25) is 0 Å². The minimum Gasteiger partial charge on any atom is -0.496 e. The molecule has 1 N–H and O–H groups in total. The van der Waals surface area contributed by atoms with Gasteiger partial charge in [-0.15, -0.1) is 0 Å². The molecule has 0 saturated carbocycles. The highest BCUT2D eigenvalue weighted by Crippen LogP contribution is 2.35. The molecule has 0 radical (unpaired) electrons. The summed E-state index contributed by atoms with van der Waals surface area (Å²) in [5.74, 6) is 0.427. The summed E-state index contributed by atoms with van der Waals surface area (Å²) in [7, 11) is 1.46. The molecule has 8 heteroatoms. The summed E-state index contributed by atoms with van der Waals surface area (Å²) in [6.45, 7) is -0.703. The number of ether oxygens (including phenoxy) is 2. The zero-order chi connectivity index (χ0) is 18.0. The summed E-state index contributed by atoms with van der Waals surface area (Å²) in [5.41, 5.74) is 2.92. The number of halogens is 2. The Hall–Kier alpha value is -2.74. The summed E-state index contributed by atoms with van der Waals surface area (Å²) in [6, 6.07) is 6.42. The fourth-order valence-corrected chi connectivity index (χ4v) is 2.70. The lowest BCUT2D eigenvalue weighted by Crippen LogP contribution is -2.04. The lowest BCUT2D eigenvalue weighted by Gasteiger charge is -2.11. The SMILES string of the molecule is COc1cc(OC(F)F)ccc1-c1cnc2c(c1)c(C)nn2CCO. The van der Waals surface area contributed by atoms with Crippen molar-refractivity contribution in [1.82, 2.24) is 14.8 Å². The van der Waals surface area contributed by atoms with E-state index in [4.69, 9.17) is 9.84 Å². The molecule has 6 nitrogen and oxygen atoms in total. The van der Waals surface area contributed by atoms with Crippen molar-refractivity contribution >= 4 is 11.0 Å². The first-order chi connectivity index (χ1) is 12.0. The van der Waals surface area contributed by atoms with Gasteiger partial charge < -0.3 is 14.6 Å². The van der Waals surface area contributed by atoms with Crippen LogP contribution in [0.1, 0.15) is 5.69 Å². The third-order valence-electron chi connectivity index (χ3n) is 3.79. The van der Waals surface area contributed by atoms with Crippen LogP contribution >= 0.6 is 0 Å². The first-order valence-corrected chi connectivity index (χ1v) is 7.60. The number of benzene rings is 1. The van der Waals surface area contributed by atoms with Gasteiger partial charge in [-0.25, -0.2) is 9.67 Å². The van der Waals surface area contributed by atoms with E-state index in [9.17, 15) is 8.78 Å². The van der Waals surface area contributed by atoms with Gasteiger partial charge in [-0.1, -0.05) is 0 Å². The monoisotopic (exact) mass is 349 g/mol. The summed E-state index contributed by atoms with van der Waals surface area (Å²) in [6.07, 6.45) is 1.66. The number of aryl methyl sites for hydroxylation is 1. The molecule has 0 saturated heterocycles. The third-order valence-corrected chi connectivity index (χ3v) is 3.79. The fraction of sp³-hybridized carbons (Fsp3) is 0.294. The molecule has 0 unspecified atom stereocenters. The van der Waals surface area contributed by atoms with Crippen molar-refractivity contribution in [2.75, 3.05) is 13.7 Å². The number of aliphatic hydroxyl groups excluding tert-OH is 1. The number of fused-ring (bicyclic) bond motifs is 1. The number of alkyl halides is 2. The molecule has 25 heavy (non-hydrogen) atoms. The zero-order valence-electron chi connectivity index (χ0n) is 13.7. The van der Waals surface area contributed by atoms with Crippen LogP contribution in [0.2, 0.25) is 0 Å². The number of pyridine rings is 1. The van der Waals surface area contributed by atoms with Crippen LogP contribution < -0.4 is 9.47 Å². The molecule has 0 aliphatic carbocycles. The van der Waals surface area contributed by atoms with E-state index in [-0.39, 0.29) is 12.4 Å². The van der Waals surface area contributed by atoms with E-state index in [1.807, 2.05) is 13.0 Å². The predicted octanol–water partition coefficient (Wildman–Crippen LogP) is 3.01. The van der Waals surface area contributed by atoms with Crippen LogP contribution in [0.5, 0.6) is 11.5 Å². The fourth-order valence-electron chi connectivity index (χ4n) is 2.70. The molecule has 3 rings (SSSR count). The van der Waals surface area contributed by atoms with Gasteiger partial charge in [0.05, 0.1) is 26.0 Å².